The SMILES string of the molecule is CCOC(=O)[C@@H]1CCCC[C@@H]1NC(=O)c1nn(CC2CCOCC2)c2ccccc12. The van der Waals surface area contributed by atoms with Crippen LogP contribution in [-0.4, -0.2) is 47.5 Å². The Hall–Kier alpha value is -2.41. The van der Waals surface area contributed by atoms with Crippen LogP contribution < -0.4 is 5.32 Å². The number of carbonyl (C=O) groups excluding carboxylic acids is 2. The maximum atomic E-state index is 13.2. The molecule has 1 N–H and O–H groups in total. The standard InChI is InChI=1S/C23H31N3O4/c1-2-30-23(28)17-7-3-5-9-19(17)24-22(27)21-18-8-4-6-10-20(18)26(25-21)15-16-11-13-29-14-12-16/h4,6,8,10,16-17,19H,2-3,5,7,9,11-15H2,1H3,(H,24,27)/t17-,19+/m1/s1. The van der Waals surface area contributed by atoms with Crippen molar-refractivity contribution < 1.29 is 19.1 Å². The Morgan fingerprint density at radius 3 is 2.73 bits per heavy atom. The summed E-state index contributed by atoms with van der Waals surface area (Å²) in [6.07, 6.45) is 5.55. The van der Waals surface area contributed by atoms with E-state index in [2.05, 4.69) is 5.32 Å². The number of esters is 1. The van der Waals surface area contributed by atoms with E-state index >= 15 is 0 Å². The summed E-state index contributed by atoms with van der Waals surface area (Å²) >= 11 is 0. The van der Waals surface area contributed by atoms with Gasteiger partial charge in [-0.05, 0) is 44.6 Å². The van der Waals surface area contributed by atoms with Gasteiger partial charge in [0.05, 0.1) is 18.0 Å². The first-order chi connectivity index (χ1) is 14.7. The molecule has 2 aliphatic rings. The van der Waals surface area contributed by atoms with Crippen LogP contribution in [0.3, 0.4) is 0 Å². The fraction of sp³-hybridized carbons (Fsp3) is 0.609. The zero-order chi connectivity index (χ0) is 20.9. The number of nitrogens with one attached hydrogen (secondary N) is 1. The fourth-order valence-corrected chi connectivity index (χ4v) is 4.68. The lowest BCUT2D eigenvalue weighted by Crippen LogP contribution is -2.45. The molecule has 1 aromatic heterocycles. The molecule has 1 aromatic carbocycles. The minimum absolute atomic E-state index is 0.204. The first kappa shape index (κ1) is 20.8. The van der Waals surface area contributed by atoms with Gasteiger partial charge in [0, 0.05) is 31.2 Å². The molecule has 30 heavy (non-hydrogen) atoms. The van der Waals surface area contributed by atoms with Gasteiger partial charge in [-0.15, -0.1) is 0 Å². The minimum Gasteiger partial charge on any atom is -0.466 e. The fourth-order valence-electron chi connectivity index (χ4n) is 4.68. The van der Waals surface area contributed by atoms with E-state index in [0.717, 1.165) is 69.2 Å². The number of amides is 1. The average Bonchev–Trinajstić information content (AvgIpc) is 3.14. The second-order valence-corrected chi connectivity index (χ2v) is 8.33. The number of rotatable bonds is 6. The van der Waals surface area contributed by atoms with Crippen LogP contribution in [0.15, 0.2) is 24.3 Å². The second kappa shape index (κ2) is 9.60. The zero-order valence-electron chi connectivity index (χ0n) is 17.6. The first-order valence-electron chi connectivity index (χ1n) is 11.2. The van der Waals surface area contributed by atoms with Gasteiger partial charge in [-0.1, -0.05) is 31.0 Å². The number of fused-ring (bicyclic) bond motifs is 1. The van der Waals surface area contributed by atoms with E-state index in [-0.39, 0.29) is 23.8 Å². The van der Waals surface area contributed by atoms with Crippen molar-refractivity contribution in [2.75, 3.05) is 19.8 Å². The predicted molar refractivity (Wildman–Crippen MR) is 113 cm³/mol. The van der Waals surface area contributed by atoms with Gasteiger partial charge < -0.3 is 14.8 Å². The number of hydrogen-bond acceptors (Lipinski definition) is 5. The summed E-state index contributed by atoms with van der Waals surface area (Å²) in [6, 6.07) is 7.66. The molecular weight excluding hydrogens is 382 g/mol. The molecule has 0 radical (unpaired) electrons. The lowest BCUT2D eigenvalue weighted by Gasteiger charge is -2.30. The Morgan fingerprint density at radius 2 is 1.93 bits per heavy atom. The molecule has 1 aliphatic carbocycles. The van der Waals surface area contributed by atoms with E-state index in [1.165, 1.54) is 0 Å². The van der Waals surface area contributed by atoms with Gasteiger partial charge in [0.25, 0.3) is 5.91 Å². The summed E-state index contributed by atoms with van der Waals surface area (Å²) in [5.74, 6) is -0.196. The summed E-state index contributed by atoms with van der Waals surface area (Å²) in [5.41, 5.74) is 1.41. The molecule has 1 amide bonds. The summed E-state index contributed by atoms with van der Waals surface area (Å²) in [4.78, 5) is 25.6. The molecule has 2 aromatic rings. The van der Waals surface area contributed by atoms with Crippen LogP contribution in [0.2, 0.25) is 0 Å². The summed E-state index contributed by atoms with van der Waals surface area (Å²) in [6.45, 7) is 4.52. The molecule has 1 aliphatic heterocycles. The van der Waals surface area contributed by atoms with Crippen LogP contribution in [0.25, 0.3) is 10.9 Å². The van der Waals surface area contributed by atoms with Crippen molar-refractivity contribution in [2.45, 2.75) is 58.0 Å². The number of aromatic nitrogens is 2. The quantitative estimate of drug-likeness (QED) is 0.735. The summed E-state index contributed by atoms with van der Waals surface area (Å²) < 4.78 is 12.7. The predicted octanol–water partition coefficient (Wildman–Crippen LogP) is 3.31. The van der Waals surface area contributed by atoms with Crippen molar-refractivity contribution in [3.63, 3.8) is 0 Å². The van der Waals surface area contributed by atoms with Crippen LogP contribution >= 0.6 is 0 Å². The number of para-hydroxylation sites is 1. The monoisotopic (exact) mass is 413 g/mol. The lowest BCUT2D eigenvalue weighted by molar-refractivity contribution is -0.150. The van der Waals surface area contributed by atoms with Crippen molar-refractivity contribution in [3.05, 3.63) is 30.0 Å². The Kier molecular flexibility index (Phi) is 6.67. The Morgan fingerprint density at radius 1 is 1.17 bits per heavy atom. The Balaban J connectivity index is 1.54. The van der Waals surface area contributed by atoms with E-state index < -0.39 is 0 Å². The number of nitrogens with zero attached hydrogens (tertiary/aromatic N) is 2. The highest BCUT2D eigenvalue weighted by molar-refractivity contribution is 6.05. The van der Waals surface area contributed by atoms with E-state index in [9.17, 15) is 9.59 Å². The van der Waals surface area contributed by atoms with Crippen molar-refractivity contribution in [2.24, 2.45) is 11.8 Å². The molecule has 0 spiro atoms. The van der Waals surface area contributed by atoms with Crippen LogP contribution in [0.1, 0.15) is 55.9 Å². The molecule has 7 heteroatoms. The van der Waals surface area contributed by atoms with Gasteiger partial charge >= 0.3 is 5.97 Å². The van der Waals surface area contributed by atoms with E-state index in [0.29, 0.717) is 18.2 Å². The molecule has 0 bridgehead atoms. The third-order valence-corrected chi connectivity index (χ3v) is 6.32. The maximum Gasteiger partial charge on any atom is 0.311 e. The van der Waals surface area contributed by atoms with Gasteiger partial charge in [-0.25, -0.2) is 0 Å². The highest BCUT2D eigenvalue weighted by atomic mass is 16.5. The third kappa shape index (κ3) is 4.51. The van der Waals surface area contributed by atoms with Gasteiger partial charge in [0.2, 0.25) is 0 Å². The molecule has 0 unspecified atom stereocenters. The molecular formula is C23H31N3O4. The topological polar surface area (TPSA) is 82.5 Å². The molecule has 1 saturated heterocycles. The van der Waals surface area contributed by atoms with Crippen molar-refractivity contribution >= 4 is 22.8 Å². The van der Waals surface area contributed by atoms with Crippen LogP contribution in [0.5, 0.6) is 0 Å². The van der Waals surface area contributed by atoms with Crippen molar-refractivity contribution in [1.82, 2.24) is 15.1 Å². The maximum absolute atomic E-state index is 13.2. The molecule has 7 nitrogen and oxygen atoms in total. The van der Waals surface area contributed by atoms with Crippen LogP contribution in [0.4, 0.5) is 0 Å². The number of benzene rings is 1. The number of ether oxygens (including phenoxy) is 2. The normalized spacial score (nSPS) is 22.7. The lowest BCUT2D eigenvalue weighted by atomic mass is 9.84. The first-order valence-corrected chi connectivity index (χ1v) is 11.2. The average molecular weight is 414 g/mol. The third-order valence-electron chi connectivity index (χ3n) is 6.32. The molecule has 162 valence electrons. The molecule has 2 fully saturated rings. The summed E-state index contributed by atoms with van der Waals surface area (Å²) in [7, 11) is 0. The van der Waals surface area contributed by atoms with Crippen LogP contribution in [0, 0.1) is 11.8 Å². The number of carbonyl (C=O) groups is 2. The molecule has 4 rings (SSSR count). The van der Waals surface area contributed by atoms with Gasteiger partial charge in [-0.2, -0.15) is 5.10 Å². The Labute approximate surface area is 177 Å². The molecule has 2 heterocycles. The zero-order valence-corrected chi connectivity index (χ0v) is 17.6. The van der Waals surface area contributed by atoms with Gasteiger partial charge in [0.1, 0.15) is 0 Å². The molecule has 1 saturated carbocycles. The van der Waals surface area contributed by atoms with Crippen molar-refractivity contribution in [3.8, 4) is 0 Å². The van der Waals surface area contributed by atoms with Gasteiger partial charge in [0.15, 0.2) is 5.69 Å². The highest BCUT2D eigenvalue weighted by Crippen LogP contribution is 2.27. The van der Waals surface area contributed by atoms with Crippen LogP contribution in [-0.2, 0) is 20.8 Å². The Bertz CT molecular complexity index is 888. The minimum atomic E-state index is -0.279. The van der Waals surface area contributed by atoms with Crippen molar-refractivity contribution in [1.29, 1.82) is 0 Å². The largest absolute Gasteiger partial charge is 0.466 e. The summed E-state index contributed by atoms with van der Waals surface area (Å²) in [5, 5.41) is 8.65. The van der Waals surface area contributed by atoms with Gasteiger partial charge in [-0.3, -0.25) is 14.3 Å². The van der Waals surface area contributed by atoms with E-state index in [1.807, 2.05) is 35.9 Å². The van der Waals surface area contributed by atoms with E-state index in [4.69, 9.17) is 14.6 Å². The highest BCUT2D eigenvalue weighted by Gasteiger charge is 2.34. The second-order valence-electron chi connectivity index (χ2n) is 8.33. The molecule has 2 atom stereocenters. The number of hydrogen-bond donors (Lipinski definition) is 1. The smallest absolute Gasteiger partial charge is 0.311 e. The van der Waals surface area contributed by atoms with E-state index in [1.54, 1.807) is 0 Å².